The molecule has 6 N–H and O–H groups in total. The molecular weight excluding hydrogens is 556 g/mol. The lowest BCUT2D eigenvalue weighted by Gasteiger charge is -2.40. The highest BCUT2D eigenvalue weighted by atomic mass is 15.8. The van der Waals surface area contributed by atoms with Gasteiger partial charge in [0.15, 0.2) is 0 Å². The van der Waals surface area contributed by atoms with E-state index in [1.165, 1.54) is 5.39 Å². The molecule has 0 aliphatic heterocycles. The first kappa shape index (κ1) is 31.5. The zero-order valence-electron chi connectivity index (χ0n) is 27.3. The first-order valence-corrected chi connectivity index (χ1v) is 15.7. The number of benzene rings is 5. The minimum Gasteiger partial charge on any atom is -0.399 e. The Morgan fingerprint density at radius 3 is 1.98 bits per heavy atom. The first-order chi connectivity index (χ1) is 21.9. The first-order valence-electron chi connectivity index (χ1n) is 15.7. The highest BCUT2D eigenvalue weighted by Gasteiger charge is 2.31. The summed E-state index contributed by atoms with van der Waals surface area (Å²) in [6.45, 7) is 8.89. The molecule has 0 spiro atoms. The zero-order valence-corrected chi connectivity index (χ0v) is 27.3. The van der Waals surface area contributed by atoms with E-state index in [0.717, 1.165) is 81.6 Å². The number of nitrogens with one attached hydrogen (secondary N) is 4. The Balaban J connectivity index is 1.96. The van der Waals surface area contributed by atoms with Crippen molar-refractivity contribution in [1.29, 1.82) is 0 Å². The fourth-order valence-corrected chi connectivity index (χ4v) is 5.91. The van der Waals surface area contributed by atoms with Gasteiger partial charge in [-0.15, -0.1) is 0 Å². The Labute approximate surface area is 267 Å². The summed E-state index contributed by atoms with van der Waals surface area (Å²) in [5.41, 5.74) is 19.6. The van der Waals surface area contributed by atoms with Crippen molar-refractivity contribution in [3.63, 3.8) is 0 Å². The molecule has 0 fully saturated rings. The Hall–Kier alpha value is -4.92. The summed E-state index contributed by atoms with van der Waals surface area (Å²) in [7, 11) is 6.19. The van der Waals surface area contributed by atoms with Crippen LogP contribution in [0.3, 0.4) is 0 Å². The van der Waals surface area contributed by atoms with Crippen molar-refractivity contribution in [2.24, 2.45) is 0 Å². The van der Waals surface area contributed by atoms with Crippen LogP contribution in [0.15, 0.2) is 97.1 Å². The molecule has 0 bridgehead atoms. The van der Waals surface area contributed by atoms with Crippen molar-refractivity contribution < 1.29 is 0 Å². The summed E-state index contributed by atoms with van der Waals surface area (Å²) in [6, 6.07) is 33.4. The van der Waals surface area contributed by atoms with Crippen molar-refractivity contribution in [2.75, 3.05) is 72.5 Å². The Kier molecular flexibility index (Phi) is 9.97. The summed E-state index contributed by atoms with van der Waals surface area (Å²) >= 11 is 0. The van der Waals surface area contributed by atoms with E-state index < -0.39 is 0 Å². The van der Waals surface area contributed by atoms with Crippen LogP contribution >= 0.6 is 0 Å². The second-order valence-corrected chi connectivity index (χ2v) is 11.1. The zero-order chi connectivity index (χ0) is 31.9. The van der Waals surface area contributed by atoms with Crippen molar-refractivity contribution in [2.45, 2.75) is 20.8 Å². The van der Waals surface area contributed by atoms with Crippen LogP contribution in [0.2, 0.25) is 0 Å². The van der Waals surface area contributed by atoms with Gasteiger partial charge < -0.3 is 26.6 Å². The number of rotatable bonds is 13. The van der Waals surface area contributed by atoms with Crippen molar-refractivity contribution in [3.8, 4) is 11.1 Å². The van der Waals surface area contributed by atoms with Gasteiger partial charge >= 0.3 is 0 Å². The van der Waals surface area contributed by atoms with Gasteiger partial charge in [0.25, 0.3) is 0 Å². The van der Waals surface area contributed by atoms with Gasteiger partial charge in [-0.1, -0.05) is 87.5 Å². The summed E-state index contributed by atoms with van der Waals surface area (Å²) in [5.74, 6) is 0. The summed E-state index contributed by atoms with van der Waals surface area (Å²) in [6.07, 6.45) is 0. The molecule has 5 aromatic rings. The van der Waals surface area contributed by atoms with Gasteiger partial charge in [-0.2, -0.15) is 0 Å². The molecule has 0 heterocycles. The Morgan fingerprint density at radius 2 is 1.33 bits per heavy atom. The summed E-state index contributed by atoms with van der Waals surface area (Å²) in [5, 5.41) is 18.3. The normalized spacial score (nSPS) is 11.1. The standard InChI is InChI=1S/C37H46N8/c1-7-40-45(44(8-2)9-3)37-35(41-29-18-11-10-12-19-29)33(42-31-21-15-17-26-16-13-14-20-30(26)31)32(27-22-24-28(38)25-23-27)34(39-4)36(37)43(5)6/h10-25,39-42H,7-9,38H2,1-6H3. The number of anilines is 8. The second kappa shape index (κ2) is 14.2. The summed E-state index contributed by atoms with van der Waals surface area (Å²) in [4.78, 5) is 2.19. The molecule has 0 unspecified atom stereocenters. The highest BCUT2D eigenvalue weighted by molar-refractivity contribution is 6.12. The lowest BCUT2D eigenvalue weighted by Crippen LogP contribution is -2.52. The number of hydrazine groups is 2. The third-order valence-corrected chi connectivity index (χ3v) is 7.97. The van der Waals surface area contributed by atoms with E-state index in [2.05, 4.69) is 150 Å². The lowest BCUT2D eigenvalue weighted by molar-refractivity contribution is 0.244. The van der Waals surface area contributed by atoms with Crippen LogP contribution in [-0.2, 0) is 0 Å². The van der Waals surface area contributed by atoms with Crippen LogP contribution in [0.1, 0.15) is 20.8 Å². The summed E-state index contributed by atoms with van der Waals surface area (Å²) < 4.78 is 0. The van der Waals surface area contributed by atoms with Gasteiger partial charge in [-0.05, 0) is 41.3 Å². The van der Waals surface area contributed by atoms with Gasteiger partial charge in [0.1, 0.15) is 5.69 Å². The average molecular weight is 603 g/mol. The fraction of sp³-hybridized carbons (Fsp3) is 0.243. The lowest BCUT2D eigenvalue weighted by atomic mass is 9.95. The van der Waals surface area contributed by atoms with Gasteiger partial charge in [0.2, 0.25) is 0 Å². The molecule has 0 aromatic heterocycles. The maximum Gasteiger partial charge on any atom is 0.121 e. The van der Waals surface area contributed by atoms with Crippen LogP contribution in [0.4, 0.5) is 45.5 Å². The van der Waals surface area contributed by atoms with E-state index in [4.69, 9.17) is 5.73 Å². The van der Waals surface area contributed by atoms with Gasteiger partial charge in [-0.3, -0.25) is 0 Å². The van der Waals surface area contributed by atoms with Crippen LogP contribution in [0, 0.1) is 0 Å². The molecular formula is C37H46N8. The van der Waals surface area contributed by atoms with Gasteiger partial charge in [0.05, 0.1) is 22.7 Å². The van der Waals surface area contributed by atoms with Crippen molar-refractivity contribution >= 4 is 56.3 Å². The molecule has 0 saturated carbocycles. The van der Waals surface area contributed by atoms with E-state index in [-0.39, 0.29) is 0 Å². The maximum absolute atomic E-state index is 6.20. The molecule has 0 saturated heterocycles. The van der Waals surface area contributed by atoms with E-state index in [1.807, 2.05) is 25.2 Å². The predicted octanol–water partition coefficient (Wildman–Crippen LogP) is 8.27. The highest BCUT2D eigenvalue weighted by Crippen LogP contribution is 2.55. The SMILES string of the molecule is CCNN(c1c(Nc2ccccc2)c(Nc2cccc3ccccc23)c(-c2ccc(N)cc2)c(NC)c1N(C)C)N(CC)CC. The van der Waals surface area contributed by atoms with Crippen LogP contribution in [-0.4, -0.2) is 45.8 Å². The molecule has 8 nitrogen and oxygen atoms in total. The number of nitrogens with zero attached hydrogens (tertiary/aromatic N) is 3. The fourth-order valence-electron chi connectivity index (χ4n) is 5.91. The smallest absolute Gasteiger partial charge is 0.121 e. The number of hydrogen-bond acceptors (Lipinski definition) is 8. The molecule has 8 heteroatoms. The minimum atomic E-state index is 0.722. The molecule has 0 amide bonds. The molecule has 5 rings (SSSR count). The Bertz CT molecular complexity index is 1710. The van der Waals surface area contributed by atoms with Crippen molar-refractivity contribution in [1.82, 2.24) is 10.4 Å². The molecule has 45 heavy (non-hydrogen) atoms. The number of nitrogen functional groups attached to an aromatic ring is 1. The number of para-hydroxylation sites is 1. The topological polar surface area (TPSA) is 83.9 Å². The van der Waals surface area contributed by atoms with Crippen molar-refractivity contribution in [3.05, 3.63) is 97.1 Å². The van der Waals surface area contributed by atoms with E-state index >= 15 is 0 Å². The number of fused-ring (bicyclic) bond motifs is 1. The van der Waals surface area contributed by atoms with Gasteiger partial charge in [-0.25, -0.2) is 15.6 Å². The largest absolute Gasteiger partial charge is 0.399 e. The third-order valence-electron chi connectivity index (χ3n) is 7.97. The number of hydrogen-bond donors (Lipinski definition) is 5. The van der Waals surface area contributed by atoms with Crippen LogP contribution < -0.4 is 37.1 Å². The van der Waals surface area contributed by atoms with E-state index in [1.54, 1.807) is 0 Å². The molecule has 0 aliphatic carbocycles. The molecule has 5 aromatic carbocycles. The van der Waals surface area contributed by atoms with E-state index in [9.17, 15) is 0 Å². The molecule has 0 aliphatic rings. The molecule has 0 radical (unpaired) electrons. The van der Waals surface area contributed by atoms with Crippen LogP contribution in [0.5, 0.6) is 0 Å². The maximum atomic E-state index is 6.20. The minimum absolute atomic E-state index is 0.722. The van der Waals surface area contributed by atoms with E-state index in [0.29, 0.717) is 0 Å². The third kappa shape index (κ3) is 6.48. The van der Waals surface area contributed by atoms with Gasteiger partial charge in [0, 0.05) is 68.8 Å². The van der Waals surface area contributed by atoms with Crippen LogP contribution in [0.25, 0.3) is 21.9 Å². The monoisotopic (exact) mass is 602 g/mol. The average Bonchev–Trinajstić information content (AvgIpc) is 3.06. The second-order valence-electron chi connectivity index (χ2n) is 11.1. The quantitative estimate of drug-likeness (QED) is 0.0680. The predicted molar refractivity (Wildman–Crippen MR) is 196 cm³/mol. The molecule has 0 atom stereocenters. The Morgan fingerprint density at radius 1 is 0.667 bits per heavy atom. The molecule has 234 valence electrons. The number of nitrogens with two attached hydrogens (primary N) is 1.